The predicted octanol–water partition coefficient (Wildman–Crippen LogP) is 4.99. The fourth-order valence-corrected chi connectivity index (χ4v) is 5.59. The minimum Gasteiger partial charge on any atom is -0.0625 e. The Hall–Kier alpha value is 0. The Morgan fingerprint density at radius 2 is 1.59 bits per heavy atom. The first-order chi connectivity index (χ1) is 7.93. The average Bonchev–Trinajstić information content (AvgIpc) is 2.63. The third-order valence-electron chi connectivity index (χ3n) is 7.43. The lowest BCUT2D eigenvalue weighted by atomic mass is 9.81. The molecule has 0 bridgehead atoms. The zero-order chi connectivity index (χ0) is 12.4. The number of fused-ring (bicyclic) bond motifs is 1. The quantitative estimate of drug-likeness (QED) is 0.631. The Morgan fingerprint density at radius 1 is 0.941 bits per heavy atom. The second-order valence-corrected chi connectivity index (χ2v) is 8.14. The molecule has 0 radical (unpaired) electrons. The molecule has 0 spiro atoms. The van der Waals surface area contributed by atoms with E-state index < -0.39 is 0 Å². The van der Waals surface area contributed by atoms with Gasteiger partial charge in [0.05, 0.1) is 0 Å². The predicted molar refractivity (Wildman–Crippen MR) is 73.7 cm³/mol. The molecule has 3 rings (SSSR count). The highest BCUT2D eigenvalue weighted by Crippen LogP contribution is 2.64. The van der Waals surface area contributed by atoms with Gasteiger partial charge in [-0.2, -0.15) is 0 Å². The van der Waals surface area contributed by atoms with E-state index in [1.165, 1.54) is 19.3 Å². The lowest BCUT2D eigenvalue weighted by Gasteiger charge is -2.24. The molecule has 3 saturated carbocycles. The molecule has 98 valence electrons. The van der Waals surface area contributed by atoms with Crippen LogP contribution in [0, 0.1) is 46.8 Å². The Kier molecular flexibility index (Phi) is 2.66. The van der Waals surface area contributed by atoms with Gasteiger partial charge in [0.2, 0.25) is 0 Å². The van der Waals surface area contributed by atoms with Crippen molar-refractivity contribution in [3.63, 3.8) is 0 Å². The molecule has 0 aliphatic heterocycles. The first-order valence-electron chi connectivity index (χ1n) is 7.93. The van der Waals surface area contributed by atoms with Crippen molar-refractivity contribution in [2.75, 3.05) is 0 Å². The topological polar surface area (TPSA) is 0 Å². The van der Waals surface area contributed by atoms with Crippen molar-refractivity contribution in [2.45, 2.75) is 60.3 Å². The molecule has 0 heterocycles. The van der Waals surface area contributed by atoms with Gasteiger partial charge >= 0.3 is 0 Å². The smallest absolute Gasteiger partial charge is 0.0266 e. The molecule has 0 nitrogen and oxygen atoms in total. The van der Waals surface area contributed by atoms with Crippen LogP contribution in [0.2, 0.25) is 0 Å². The van der Waals surface area contributed by atoms with Crippen molar-refractivity contribution in [1.29, 1.82) is 0 Å². The third-order valence-corrected chi connectivity index (χ3v) is 7.43. The summed E-state index contributed by atoms with van der Waals surface area (Å²) in [5, 5.41) is 0. The van der Waals surface area contributed by atoms with Gasteiger partial charge in [-0.05, 0) is 72.5 Å². The molecule has 0 aromatic rings. The van der Waals surface area contributed by atoms with Gasteiger partial charge in [-0.15, -0.1) is 0 Å². The molecule has 7 unspecified atom stereocenters. The van der Waals surface area contributed by atoms with E-state index in [2.05, 4.69) is 34.6 Å². The zero-order valence-corrected chi connectivity index (χ0v) is 12.4. The van der Waals surface area contributed by atoms with Gasteiger partial charge in [0.1, 0.15) is 0 Å². The van der Waals surface area contributed by atoms with Gasteiger partial charge in [0, 0.05) is 0 Å². The maximum Gasteiger partial charge on any atom is -0.0266 e. The summed E-state index contributed by atoms with van der Waals surface area (Å²) in [5.74, 6) is 7.23. The van der Waals surface area contributed by atoms with Crippen molar-refractivity contribution in [3.8, 4) is 0 Å². The van der Waals surface area contributed by atoms with Crippen LogP contribution < -0.4 is 0 Å². The van der Waals surface area contributed by atoms with E-state index in [4.69, 9.17) is 0 Å². The fraction of sp³-hybridized carbons (Fsp3) is 1.00. The summed E-state index contributed by atoms with van der Waals surface area (Å²) in [6, 6.07) is 0. The van der Waals surface area contributed by atoms with Crippen LogP contribution in [-0.4, -0.2) is 0 Å². The highest BCUT2D eigenvalue weighted by molar-refractivity contribution is 5.06. The number of hydrogen-bond acceptors (Lipinski definition) is 0. The number of hydrogen-bond donors (Lipinski definition) is 0. The van der Waals surface area contributed by atoms with Crippen molar-refractivity contribution in [1.82, 2.24) is 0 Å². The molecule has 3 fully saturated rings. The van der Waals surface area contributed by atoms with Gasteiger partial charge in [-0.25, -0.2) is 0 Å². The summed E-state index contributed by atoms with van der Waals surface area (Å²) in [4.78, 5) is 0. The van der Waals surface area contributed by atoms with Gasteiger partial charge < -0.3 is 0 Å². The second kappa shape index (κ2) is 3.75. The van der Waals surface area contributed by atoms with Gasteiger partial charge in [-0.3, -0.25) is 0 Å². The molecule has 0 saturated heterocycles. The second-order valence-electron chi connectivity index (χ2n) is 8.14. The number of rotatable bonds is 2. The van der Waals surface area contributed by atoms with Crippen LogP contribution in [0.1, 0.15) is 60.3 Å². The Balaban J connectivity index is 1.64. The largest absolute Gasteiger partial charge is 0.0625 e. The Morgan fingerprint density at radius 3 is 2.12 bits per heavy atom. The third kappa shape index (κ3) is 1.70. The van der Waals surface area contributed by atoms with E-state index in [1.54, 1.807) is 6.42 Å². The summed E-state index contributed by atoms with van der Waals surface area (Å²) < 4.78 is 0. The van der Waals surface area contributed by atoms with Crippen molar-refractivity contribution >= 4 is 0 Å². The Bertz CT molecular complexity index is 297. The van der Waals surface area contributed by atoms with E-state index in [9.17, 15) is 0 Å². The molecule has 0 aromatic carbocycles. The van der Waals surface area contributed by atoms with Gasteiger partial charge in [-0.1, -0.05) is 34.6 Å². The van der Waals surface area contributed by atoms with E-state index >= 15 is 0 Å². The average molecular weight is 234 g/mol. The van der Waals surface area contributed by atoms with Crippen LogP contribution in [0.15, 0.2) is 0 Å². The summed E-state index contributed by atoms with van der Waals surface area (Å²) in [6.45, 7) is 12.5. The summed E-state index contributed by atoms with van der Waals surface area (Å²) >= 11 is 0. The van der Waals surface area contributed by atoms with Crippen molar-refractivity contribution in [3.05, 3.63) is 0 Å². The van der Waals surface area contributed by atoms with E-state index in [-0.39, 0.29) is 0 Å². The highest BCUT2D eigenvalue weighted by Gasteiger charge is 2.57. The fourth-order valence-electron chi connectivity index (χ4n) is 5.59. The van der Waals surface area contributed by atoms with Crippen LogP contribution >= 0.6 is 0 Å². The van der Waals surface area contributed by atoms with Gasteiger partial charge in [0.25, 0.3) is 0 Å². The van der Waals surface area contributed by atoms with Crippen LogP contribution in [0.3, 0.4) is 0 Å². The molecule has 0 N–H and O–H groups in total. The zero-order valence-electron chi connectivity index (χ0n) is 12.4. The molecule has 0 amide bonds. The monoisotopic (exact) mass is 234 g/mol. The summed E-state index contributed by atoms with van der Waals surface area (Å²) in [5.41, 5.74) is 0.698. The molecule has 3 aliphatic carbocycles. The maximum atomic E-state index is 2.56. The van der Waals surface area contributed by atoms with Crippen LogP contribution in [0.4, 0.5) is 0 Å². The van der Waals surface area contributed by atoms with E-state index in [0.29, 0.717) is 5.41 Å². The SMILES string of the molecule is CC1CC2CC(CC3(C)C(C)C3C)C(C)C2C1. The maximum absolute atomic E-state index is 2.56. The standard InChI is InChI=1S/C17H30/c1-10-6-14-8-15(11(2)16(14)7-10)9-17(5)12(3)13(17)4/h10-16H,6-9H2,1-5H3. The molecule has 17 heavy (non-hydrogen) atoms. The molecular formula is C17H30. The minimum absolute atomic E-state index is 0.698. The molecule has 7 atom stereocenters. The van der Waals surface area contributed by atoms with E-state index in [0.717, 1.165) is 41.4 Å². The first-order valence-corrected chi connectivity index (χ1v) is 7.93. The van der Waals surface area contributed by atoms with Crippen LogP contribution in [0.5, 0.6) is 0 Å². The van der Waals surface area contributed by atoms with Crippen LogP contribution in [-0.2, 0) is 0 Å². The molecule has 0 heteroatoms. The normalized spacial score (nSPS) is 61.6. The molecule has 3 aliphatic rings. The molecule has 0 aromatic heterocycles. The first kappa shape index (κ1) is 12.1. The van der Waals surface area contributed by atoms with Crippen LogP contribution in [0.25, 0.3) is 0 Å². The minimum atomic E-state index is 0.698. The highest BCUT2D eigenvalue weighted by atomic mass is 14.6. The lowest BCUT2D eigenvalue weighted by molar-refractivity contribution is 0.254. The van der Waals surface area contributed by atoms with Crippen molar-refractivity contribution in [2.24, 2.45) is 46.8 Å². The van der Waals surface area contributed by atoms with Crippen molar-refractivity contribution < 1.29 is 0 Å². The summed E-state index contributed by atoms with van der Waals surface area (Å²) in [7, 11) is 0. The summed E-state index contributed by atoms with van der Waals surface area (Å²) in [6.07, 6.45) is 6.15. The van der Waals surface area contributed by atoms with Gasteiger partial charge in [0.15, 0.2) is 0 Å². The lowest BCUT2D eigenvalue weighted by Crippen LogP contribution is -2.16. The molecular weight excluding hydrogens is 204 g/mol. The van der Waals surface area contributed by atoms with E-state index in [1.807, 2.05) is 0 Å². The Labute approximate surface area is 108 Å².